The van der Waals surface area contributed by atoms with E-state index < -0.39 is 9.84 Å². The molecule has 1 aromatic rings. The molecule has 0 aromatic heterocycles. The van der Waals surface area contributed by atoms with Crippen molar-refractivity contribution in [2.45, 2.75) is 19.4 Å². The van der Waals surface area contributed by atoms with Crippen LogP contribution in [0.2, 0.25) is 0 Å². The van der Waals surface area contributed by atoms with E-state index in [1.807, 2.05) is 19.1 Å². The number of sulfone groups is 1. The summed E-state index contributed by atoms with van der Waals surface area (Å²) >= 11 is 3.38. The van der Waals surface area contributed by atoms with Gasteiger partial charge in [-0.1, -0.05) is 15.9 Å². The Balaban J connectivity index is 1.93. The van der Waals surface area contributed by atoms with Crippen LogP contribution in [0.25, 0.3) is 0 Å². The number of halogens is 1. The standard InChI is InChI=1S/C12H15BrN2O3S/c1-8-6-9(2-3-11(8)13)14-12(16)15-10-4-5-19(17,18)7-10/h2-3,6,10H,4-5,7H2,1H3,(H2,14,15,16). The number of urea groups is 1. The molecule has 5 nitrogen and oxygen atoms in total. The van der Waals surface area contributed by atoms with Crippen LogP contribution in [0.3, 0.4) is 0 Å². The molecule has 1 aliphatic heterocycles. The minimum absolute atomic E-state index is 0.0276. The maximum absolute atomic E-state index is 11.7. The van der Waals surface area contributed by atoms with Gasteiger partial charge in [-0.2, -0.15) is 0 Å². The van der Waals surface area contributed by atoms with Crippen molar-refractivity contribution in [3.05, 3.63) is 28.2 Å². The summed E-state index contributed by atoms with van der Waals surface area (Å²) in [6.45, 7) is 1.93. The van der Waals surface area contributed by atoms with Crippen LogP contribution >= 0.6 is 15.9 Å². The largest absolute Gasteiger partial charge is 0.334 e. The molecule has 0 aliphatic carbocycles. The highest BCUT2D eigenvalue weighted by atomic mass is 79.9. The van der Waals surface area contributed by atoms with Crippen molar-refractivity contribution in [1.82, 2.24) is 5.32 Å². The smallest absolute Gasteiger partial charge is 0.319 e. The highest BCUT2D eigenvalue weighted by molar-refractivity contribution is 9.10. The summed E-state index contributed by atoms with van der Waals surface area (Å²) in [5.41, 5.74) is 1.69. The van der Waals surface area contributed by atoms with Crippen LogP contribution in [-0.2, 0) is 9.84 Å². The van der Waals surface area contributed by atoms with Gasteiger partial charge in [-0.3, -0.25) is 0 Å². The number of hydrogen-bond acceptors (Lipinski definition) is 3. The van der Waals surface area contributed by atoms with Gasteiger partial charge in [0.25, 0.3) is 0 Å². The summed E-state index contributed by atoms with van der Waals surface area (Å²) in [6, 6.07) is 4.81. The number of anilines is 1. The SMILES string of the molecule is Cc1cc(NC(=O)NC2CCS(=O)(=O)C2)ccc1Br. The zero-order chi connectivity index (χ0) is 14.0. The first-order valence-corrected chi connectivity index (χ1v) is 8.51. The van der Waals surface area contributed by atoms with Gasteiger partial charge >= 0.3 is 6.03 Å². The number of amides is 2. The molecular weight excluding hydrogens is 332 g/mol. The third-order valence-electron chi connectivity index (χ3n) is 2.98. The quantitative estimate of drug-likeness (QED) is 0.860. The Morgan fingerprint density at radius 2 is 2.16 bits per heavy atom. The van der Waals surface area contributed by atoms with Crippen LogP contribution in [0.1, 0.15) is 12.0 Å². The molecule has 1 atom stereocenters. The zero-order valence-electron chi connectivity index (χ0n) is 10.4. The lowest BCUT2D eigenvalue weighted by Gasteiger charge is -2.12. The van der Waals surface area contributed by atoms with Gasteiger partial charge in [0.15, 0.2) is 9.84 Å². The van der Waals surface area contributed by atoms with Crippen LogP contribution in [0.15, 0.2) is 22.7 Å². The molecule has 0 saturated carbocycles. The molecule has 1 heterocycles. The van der Waals surface area contributed by atoms with Crippen molar-refractivity contribution in [2.75, 3.05) is 16.8 Å². The fraction of sp³-hybridized carbons (Fsp3) is 0.417. The van der Waals surface area contributed by atoms with Gasteiger partial charge in [0.05, 0.1) is 11.5 Å². The van der Waals surface area contributed by atoms with Gasteiger partial charge in [-0.25, -0.2) is 13.2 Å². The lowest BCUT2D eigenvalue weighted by molar-refractivity contribution is 0.249. The number of hydrogen-bond donors (Lipinski definition) is 2. The van der Waals surface area contributed by atoms with Crippen LogP contribution in [0.4, 0.5) is 10.5 Å². The molecule has 0 radical (unpaired) electrons. The lowest BCUT2D eigenvalue weighted by atomic mass is 10.2. The second-order valence-corrected chi connectivity index (χ2v) is 7.75. The van der Waals surface area contributed by atoms with Crippen molar-refractivity contribution < 1.29 is 13.2 Å². The van der Waals surface area contributed by atoms with Crippen molar-refractivity contribution in [3.63, 3.8) is 0 Å². The summed E-state index contributed by atoms with van der Waals surface area (Å²) in [5, 5.41) is 5.37. The fourth-order valence-electron chi connectivity index (χ4n) is 1.98. The second kappa shape index (κ2) is 5.50. The van der Waals surface area contributed by atoms with E-state index in [1.165, 1.54) is 0 Å². The van der Waals surface area contributed by atoms with E-state index in [0.29, 0.717) is 12.1 Å². The summed E-state index contributed by atoms with van der Waals surface area (Å²) in [7, 11) is -2.97. The number of rotatable bonds is 2. The van der Waals surface area contributed by atoms with Gasteiger partial charge in [0.2, 0.25) is 0 Å². The molecule has 2 rings (SSSR count). The maximum atomic E-state index is 11.7. The predicted octanol–water partition coefficient (Wildman–Crippen LogP) is 2.07. The summed E-state index contributed by atoms with van der Waals surface area (Å²) in [4.78, 5) is 11.7. The third-order valence-corrected chi connectivity index (χ3v) is 5.64. The Hall–Kier alpha value is -1.08. The fourth-order valence-corrected chi connectivity index (χ4v) is 3.90. The molecule has 0 spiro atoms. The molecule has 2 N–H and O–H groups in total. The topological polar surface area (TPSA) is 75.3 Å². The molecule has 1 aromatic carbocycles. The van der Waals surface area contributed by atoms with Crippen molar-refractivity contribution in [1.29, 1.82) is 0 Å². The minimum Gasteiger partial charge on any atom is -0.334 e. The van der Waals surface area contributed by atoms with Crippen LogP contribution < -0.4 is 10.6 Å². The molecule has 19 heavy (non-hydrogen) atoms. The second-order valence-electron chi connectivity index (χ2n) is 4.66. The summed E-state index contributed by atoms with van der Waals surface area (Å²) < 4.78 is 23.5. The van der Waals surface area contributed by atoms with Crippen molar-refractivity contribution in [3.8, 4) is 0 Å². The zero-order valence-corrected chi connectivity index (χ0v) is 12.8. The Labute approximate surface area is 120 Å². The first-order chi connectivity index (χ1) is 8.85. The van der Waals surface area contributed by atoms with Gasteiger partial charge in [-0.15, -0.1) is 0 Å². The van der Waals surface area contributed by atoms with E-state index in [-0.39, 0.29) is 23.6 Å². The van der Waals surface area contributed by atoms with E-state index in [9.17, 15) is 13.2 Å². The Bertz CT molecular complexity index is 601. The number of benzene rings is 1. The lowest BCUT2D eigenvalue weighted by Crippen LogP contribution is -2.38. The van der Waals surface area contributed by atoms with Crippen LogP contribution in [0.5, 0.6) is 0 Å². The molecular formula is C12H15BrN2O3S. The van der Waals surface area contributed by atoms with E-state index in [0.717, 1.165) is 10.0 Å². The van der Waals surface area contributed by atoms with Gasteiger partial charge in [0.1, 0.15) is 0 Å². The van der Waals surface area contributed by atoms with Gasteiger partial charge in [0, 0.05) is 16.2 Å². The normalized spacial score (nSPS) is 21.1. The maximum Gasteiger partial charge on any atom is 0.319 e. The van der Waals surface area contributed by atoms with Crippen molar-refractivity contribution in [2.24, 2.45) is 0 Å². The Morgan fingerprint density at radius 3 is 2.74 bits per heavy atom. The molecule has 104 valence electrons. The van der Waals surface area contributed by atoms with Gasteiger partial charge < -0.3 is 10.6 Å². The van der Waals surface area contributed by atoms with Crippen LogP contribution in [-0.4, -0.2) is 32.0 Å². The molecule has 2 amide bonds. The van der Waals surface area contributed by atoms with E-state index in [1.54, 1.807) is 6.07 Å². The number of carbonyl (C=O) groups is 1. The molecule has 1 aliphatic rings. The highest BCUT2D eigenvalue weighted by Gasteiger charge is 2.28. The van der Waals surface area contributed by atoms with Gasteiger partial charge in [-0.05, 0) is 37.1 Å². The molecule has 1 fully saturated rings. The van der Waals surface area contributed by atoms with E-state index in [2.05, 4.69) is 26.6 Å². The Kier molecular flexibility index (Phi) is 4.15. The average Bonchev–Trinajstić information content (AvgIpc) is 2.63. The summed E-state index contributed by atoms with van der Waals surface area (Å²) in [6.07, 6.45) is 0.481. The third kappa shape index (κ3) is 3.94. The van der Waals surface area contributed by atoms with E-state index >= 15 is 0 Å². The number of carbonyl (C=O) groups excluding carboxylic acids is 1. The molecule has 7 heteroatoms. The molecule has 1 unspecified atom stereocenters. The van der Waals surface area contributed by atoms with E-state index in [4.69, 9.17) is 0 Å². The van der Waals surface area contributed by atoms with Crippen molar-refractivity contribution >= 4 is 37.5 Å². The first kappa shape index (κ1) is 14.3. The predicted molar refractivity (Wildman–Crippen MR) is 78.1 cm³/mol. The Morgan fingerprint density at radius 1 is 1.42 bits per heavy atom. The number of aryl methyl sites for hydroxylation is 1. The first-order valence-electron chi connectivity index (χ1n) is 5.90. The van der Waals surface area contributed by atoms with Crippen LogP contribution in [0, 0.1) is 6.92 Å². The average molecular weight is 347 g/mol. The minimum atomic E-state index is -2.97. The summed E-state index contributed by atoms with van der Waals surface area (Å²) in [5.74, 6) is 0.176. The number of nitrogens with one attached hydrogen (secondary N) is 2. The molecule has 1 saturated heterocycles. The molecule has 0 bridgehead atoms. The monoisotopic (exact) mass is 346 g/mol. The highest BCUT2D eigenvalue weighted by Crippen LogP contribution is 2.20.